The zero-order chi connectivity index (χ0) is 8.01. The molecule has 0 aromatic carbocycles. The maximum atomic E-state index is 5.65. The highest BCUT2D eigenvalue weighted by molar-refractivity contribution is 7.22. The number of nitrogens with zero attached hydrogens (tertiary/aromatic N) is 2. The minimum Gasteiger partial charge on any atom is -0.391 e. The topological polar surface area (TPSA) is 43.8 Å². The van der Waals surface area contributed by atoms with Gasteiger partial charge in [-0.2, -0.15) is 5.10 Å². The number of nitrogens with two attached hydrogens (primary N) is 1. The van der Waals surface area contributed by atoms with E-state index in [9.17, 15) is 0 Å². The standard InChI is InChI=1S/C7H9N3S/c1-4-5-3-6(8)11-7(5)10(2)9-4/h3H,8H2,1-2H3. The van der Waals surface area contributed by atoms with Crippen LogP contribution < -0.4 is 5.73 Å². The maximum Gasteiger partial charge on any atom is 0.123 e. The van der Waals surface area contributed by atoms with Crippen molar-refractivity contribution in [3.8, 4) is 0 Å². The zero-order valence-corrected chi connectivity index (χ0v) is 7.27. The predicted octanol–water partition coefficient (Wildman–Crippen LogP) is 1.53. The van der Waals surface area contributed by atoms with E-state index in [1.807, 2.05) is 24.7 Å². The van der Waals surface area contributed by atoms with Gasteiger partial charge in [0.05, 0.1) is 10.7 Å². The molecule has 0 atom stereocenters. The minimum atomic E-state index is 0.858. The van der Waals surface area contributed by atoms with Gasteiger partial charge in [-0.05, 0) is 13.0 Å². The van der Waals surface area contributed by atoms with Crippen LogP contribution in [-0.2, 0) is 7.05 Å². The third kappa shape index (κ3) is 0.826. The molecule has 0 bridgehead atoms. The molecule has 0 unspecified atom stereocenters. The van der Waals surface area contributed by atoms with Gasteiger partial charge < -0.3 is 5.73 Å². The largest absolute Gasteiger partial charge is 0.391 e. The second kappa shape index (κ2) is 1.98. The van der Waals surface area contributed by atoms with E-state index in [-0.39, 0.29) is 0 Å². The van der Waals surface area contributed by atoms with Gasteiger partial charge in [0.1, 0.15) is 4.83 Å². The van der Waals surface area contributed by atoms with E-state index in [4.69, 9.17) is 5.73 Å². The first kappa shape index (κ1) is 6.67. The van der Waals surface area contributed by atoms with Crippen molar-refractivity contribution in [1.29, 1.82) is 0 Å². The van der Waals surface area contributed by atoms with Gasteiger partial charge in [0, 0.05) is 12.4 Å². The van der Waals surface area contributed by atoms with Crippen LogP contribution in [0.1, 0.15) is 5.69 Å². The van der Waals surface area contributed by atoms with E-state index in [2.05, 4.69) is 5.10 Å². The molecule has 58 valence electrons. The van der Waals surface area contributed by atoms with Gasteiger partial charge in [-0.25, -0.2) is 0 Å². The molecule has 0 radical (unpaired) electrons. The Kier molecular flexibility index (Phi) is 1.20. The molecule has 2 aromatic heterocycles. The monoisotopic (exact) mass is 167 g/mol. The molecule has 11 heavy (non-hydrogen) atoms. The van der Waals surface area contributed by atoms with Crippen molar-refractivity contribution in [2.45, 2.75) is 6.92 Å². The van der Waals surface area contributed by atoms with E-state index in [0.29, 0.717) is 0 Å². The van der Waals surface area contributed by atoms with Crippen LogP contribution in [0.25, 0.3) is 10.2 Å². The van der Waals surface area contributed by atoms with Crippen molar-refractivity contribution in [2.75, 3.05) is 5.73 Å². The number of thiophene rings is 1. The lowest BCUT2D eigenvalue weighted by Crippen LogP contribution is -1.88. The fraction of sp³-hybridized carbons (Fsp3) is 0.286. The molecule has 2 rings (SSSR count). The molecule has 2 N–H and O–H groups in total. The Morgan fingerprint density at radius 2 is 2.36 bits per heavy atom. The summed E-state index contributed by atoms with van der Waals surface area (Å²) in [5.41, 5.74) is 6.70. The SMILES string of the molecule is Cc1nn(C)c2sc(N)cc12. The van der Waals surface area contributed by atoms with Crippen molar-refractivity contribution in [3.63, 3.8) is 0 Å². The van der Waals surface area contributed by atoms with E-state index in [0.717, 1.165) is 15.5 Å². The van der Waals surface area contributed by atoms with Crippen molar-refractivity contribution < 1.29 is 0 Å². The highest BCUT2D eigenvalue weighted by atomic mass is 32.1. The van der Waals surface area contributed by atoms with E-state index in [1.165, 1.54) is 5.39 Å². The summed E-state index contributed by atoms with van der Waals surface area (Å²) in [6.45, 7) is 1.99. The molecule has 2 aromatic rings. The number of fused-ring (bicyclic) bond motifs is 1. The molecule has 0 fully saturated rings. The Morgan fingerprint density at radius 3 is 3.00 bits per heavy atom. The summed E-state index contributed by atoms with van der Waals surface area (Å²) in [4.78, 5) is 1.15. The smallest absolute Gasteiger partial charge is 0.123 e. The van der Waals surface area contributed by atoms with Crippen molar-refractivity contribution in [3.05, 3.63) is 11.8 Å². The Labute approximate surface area is 68.4 Å². The number of hydrogen-bond donors (Lipinski definition) is 1. The molecule has 4 heteroatoms. The van der Waals surface area contributed by atoms with Crippen molar-refractivity contribution in [1.82, 2.24) is 9.78 Å². The van der Waals surface area contributed by atoms with Gasteiger partial charge in [-0.1, -0.05) is 11.3 Å². The first-order valence-electron chi connectivity index (χ1n) is 3.37. The second-order valence-electron chi connectivity index (χ2n) is 2.58. The lowest BCUT2D eigenvalue weighted by molar-refractivity contribution is 0.788. The van der Waals surface area contributed by atoms with Crippen molar-refractivity contribution >= 4 is 26.6 Å². The molecule has 2 heterocycles. The first-order chi connectivity index (χ1) is 5.18. The third-order valence-corrected chi connectivity index (χ3v) is 2.75. The Hall–Kier alpha value is -1.03. The summed E-state index contributed by atoms with van der Waals surface area (Å²) < 4.78 is 1.87. The average molecular weight is 167 g/mol. The summed E-state index contributed by atoms with van der Waals surface area (Å²) in [7, 11) is 1.94. The van der Waals surface area contributed by atoms with Gasteiger partial charge in [0.15, 0.2) is 0 Å². The number of anilines is 1. The van der Waals surface area contributed by atoms with Gasteiger partial charge in [-0.3, -0.25) is 4.68 Å². The van der Waals surface area contributed by atoms with Crippen LogP contribution in [0.2, 0.25) is 0 Å². The predicted molar refractivity (Wildman–Crippen MR) is 47.7 cm³/mol. The number of hydrogen-bond acceptors (Lipinski definition) is 3. The summed E-state index contributed by atoms with van der Waals surface area (Å²) in [5.74, 6) is 0. The normalized spacial score (nSPS) is 11.1. The second-order valence-corrected chi connectivity index (χ2v) is 3.64. The van der Waals surface area contributed by atoms with Gasteiger partial charge in [-0.15, -0.1) is 0 Å². The van der Waals surface area contributed by atoms with Gasteiger partial charge in [0.25, 0.3) is 0 Å². The fourth-order valence-corrected chi connectivity index (χ4v) is 2.11. The minimum absolute atomic E-state index is 0.858. The highest BCUT2D eigenvalue weighted by Crippen LogP contribution is 2.28. The first-order valence-corrected chi connectivity index (χ1v) is 4.19. The molecule has 0 saturated carbocycles. The average Bonchev–Trinajstić information content (AvgIpc) is 2.38. The summed E-state index contributed by atoms with van der Waals surface area (Å²) >= 11 is 1.58. The van der Waals surface area contributed by atoms with Gasteiger partial charge >= 0.3 is 0 Å². The molecule has 0 aliphatic heterocycles. The number of aryl methyl sites for hydroxylation is 2. The van der Waals surface area contributed by atoms with Crippen LogP contribution in [0.3, 0.4) is 0 Å². The molecular weight excluding hydrogens is 158 g/mol. The molecule has 3 nitrogen and oxygen atoms in total. The molecule has 0 aliphatic carbocycles. The maximum absolute atomic E-state index is 5.65. The van der Waals surface area contributed by atoms with Crippen LogP contribution in [0, 0.1) is 6.92 Å². The molecule has 0 aliphatic rings. The summed E-state index contributed by atoms with van der Waals surface area (Å²) in [5, 5.41) is 6.30. The molecule has 0 spiro atoms. The lowest BCUT2D eigenvalue weighted by Gasteiger charge is -1.85. The van der Waals surface area contributed by atoms with Crippen LogP contribution in [0.4, 0.5) is 5.00 Å². The molecular formula is C7H9N3S. The number of nitrogen functional groups attached to an aromatic ring is 1. The quantitative estimate of drug-likeness (QED) is 0.646. The van der Waals surface area contributed by atoms with E-state index < -0.39 is 0 Å². The lowest BCUT2D eigenvalue weighted by atomic mass is 10.3. The fourth-order valence-electron chi connectivity index (χ4n) is 1.22. The van der Waals surface area contributed by atoms with Crippen LogP contribution in [0.5, 0.6) is 0 Å². The number of aromatic nitrogens is 2. The summed E-state index contributed by atoms with van der Waals surface area (Å²) in [6, 6.07) is 1.97. The van der Waals surface area contributed by atoms with E-state index >= 15 is 0 Å². The van der Waals surface area contributed by atoms with Crippen LogP contribution in [0.15, 0.2) is 6.07 Å². The van der Waals surface area contributed by atoms with Crippen molar-refractivity contribution in [2.24, 2.45) is 7.05 Å². The Balaban J connectivity index is 2.92. The zero-order valence-electron chi connectivity index (χ0n) is 6.46. The van der Waals surface area contributed by atoms with Gasteiger partial charge in [0.2, 0.25) is 0 Å². The number of rotatable bonds is 0. The highest BCUT2D eigenvalue weighted by Gasteiger charge is 2.06. The Morgan fingerprint density at radius 1 is 1.64 bits per heavy atom. The third-order valence-electron chi connectivity index (χ3n) is 1.72. The molecule has 0 saturated heterocycles. The van der Waals surface area contributed by atoms with Crippen LogP contribution >= 0.6 is 11.3 Å². The summed E-state index contributed by atoms with van der Waals surface area (Å²) in [6.07, 6.45) is 0. The Bertz CT molecular complexity index is 364. The molecule has 0 amide bonds. The van der Waals surface area contributed by atoms with E-state index in [1.54, 1.807) is 11.3 Å². The van der Waals surface area contributed by atoms with Crippen LogP contribution in [-0.4, -0.2) is 9.78 Å².